The summed E-state index contributed by atoms with van der Waals surface area (Å²) in [6.45, 7) is 3.05. The fraction of sp³-hybridized carbons (Fsp3) is 0.286. The molecule has 1 N–H and O–H groups in total. The van der Waals surface area contributed by atoms with E-state index in [1.807, 2.05) is 19.2 Å². The van der Waals surface area contributed by atoms with Crippen LogP contribution in [0.4, 0.5) is 4.39 Å². The first-order chi connectivity index (χ1) is 9.16. The predicted molar refractivity (Wildman–Crippen MR) is 70.3 cm³/mol. The molecule has 0 saturated carbocycles. The van der Waals surface area contributed by atoms with Crippen molar-refractivity contribution in [2.75, 3.05) is 6.54 Å². The number of hydrogen-bond donors (Lipinski definition) is 1. The number of nitrogens with zero attached hydrogens (tertiary/aromatic N) is 2. The van der Waals surface area contributed by atoms with Gasteiger partial charge in [-0.2, -0.15) is 5.10 Å². The van der Waals surface area contributed by atoms with E-state index in [9.17, 15) is 9.18 Å². The standard InChI is InChI=1S/C14H16FN3O/c1-11-4-5-13(15)12(10-11)14(19)16-6-2-8-18-9-3-7-17-18/h3-5,7,9-10H,2,6,8H2,1H3,(H,16,19). The topological polar surface area (TPSA) is 46.9 Å². The molecule has 1 aromatic heterocycles. The Bertz CT molecular complexity index is 552. The highest BCUT2D eigenvalue weighted by molar-refractivity contribution is 5.94. The smallest absolute Gasteiger partial charge is 0.254 e. The van der Waals surface area contributed by atoms with Gasteiger partial charge in [0.25, 0.3) is 5.91 Å². The van der Waals surface area contributed by atoms with E-state index in [0.29, 0.717) is 6.54 Å². The maximum atomic E-state index is 13.5. The van der Waals surface area contributed by atoms with Crippen LogP contribution in [0.5, 0.6) is 0 Å². The average molecular weight is 261 g/mol. The van der Waals surface area contributed by atoms with Crippen molar-refractivity contribution in [3.8, 4) is 0 Å². The summed E-state index contributed by atoms with van der Waals surface area (Å²) in [5.74, 6) is -0.864. The van der Waals surface area contributed by atoms with Crippen LogP contribution in [0.2, 0.25) is 0 Å². The summed E-state index contributed by atoms with van der Waals surface area (Å²) in [7, 11) is 0. The quantitative estimate of drug-likeness (QED) is 0.838. The molecule has 2 aromatic rings. The fourth-order valence-electron chi connectivity index (χ4n) is 1.78. The van der Waals surface area contributed by atoms with E-state index in [1.54, 1.807) is 23.0 Å². The Labute approximate surface area is 111 Å². The van der Waals surface area contributed by atoms with Crippen LogP contribution >= 0.6 is 0 Å². The van der Waals surface area contributed by atoms with Crippen LogP contribution in [0.15, 0.2) is 36.7 Å². The van der Waals surface area contributed by atoms with Crippen LogP contribution in [0.1, 0.15) is 22.3 Å². The normalized spacial score (nSPS) is 10.4. The van der Waals surface area contributed by atoms with Crippen molar-refractivity contribution in [3.05, 3.63) is 53.6 Å². The van der Waals surface area contributed by atoms with E-state index < -0.39 is 5.82 Å². The first-order valence-electron chi connectivity index (χ1n) is 6.18. The molecule has 1 aromatic carbocycles. The SMILES string of the molecule is Cc1ccc(F)c(C(=O)NCCCn2cccn2)c1. The Morgan fingerprint density at radius 1 is 1.47 bits per heavy atom. The predicted octanol–water partition coefficient (Wildman–Crippen LogP) is 2.15. The molecule has 19 heavy (non-hydrogen) atoms. The van der Waals surface area contributed by atoms with Gasteiger partial charge in [-0.3, -0.25) is 9.48 Å². The third kappa shape index (κ3) is 3.64. The average Bonchev–Trinajstić information content (AvgIpc) is 2.90. The van der Waals surface area contributed by atoms with Gasteiger partial charge in [0.2, 0.25) is 0 Å². The Morgan fingerprint density at radius 2 is 2.32 bits per heavy atom. The summed E-state index contributed by atoms with van der Waals surface area (Å²) in [5.41, 5.74) is 0.960. The minimum atomic E-state index is -0.491. The molecule has 0 radical (unpaired) electrons. The van der Waals surface area contributed by atoms with E-state index in [2.05, 4.69) is 10.4 Å². The lowest BCUT2D eigenvalue weighted by Gasteiger charge is -2.07. The highest BCUT2D eigenvalue weighted by atomic mass is 19.1. The molecule has 0 atom stereocenters. The zero-order chi connectivity index (χ0) is 13.7. The van der Waals surface area contributed by atoms with Gasteiger partial charge in [-0.1, -0.05) is 11.6 Å². The molecule has 0 aliphatic rings. The summed E-state index contributed by atoms with van der Waals surface area (Å²) in [6.07, 6.45) is 4.32. The second-order valence-electron chi connectivity index (χ2n) is 4.36. The molecule has 1 amide bonds. The molecule has 0 fully saturated rings. The van der Waals surface area contributed by atoms with Crippen molar-refractivity contribution in [1.29, 1.82) is 0 Å². The Balaban J connectivity index is 1.82. The Hall–Kier alpha value is -2.17. The molecule has 0 aliphatic heterocycles. The molecule has 5 heteroatoms. The van der Waals surface area contributed by atoms with Crippen molar-refractivity contribution >= 4 is 5.91 Å². The van der Waals surface area contributed by atoms with Gasteiger partial charge in [0.05, 0.1) is 5.56 Å². The molecule has 0 bridgehead atoms. The van der Waals surface area contributed by atoms with Gasteiger partial charge in [-0.25, -0.2) is 4.39 Å². The Morgan fingerprint density at radius 3 is 3.05 bits per heavy atom. The Kier molecular flexibility index (Phi) is 4.28. The summed E-state index contributed by atoms with van der Waals surface area (Å²) in [4.78, 5) is 11.8. The van der Waals surface area contributed by atoms with Crippen LogP contribution in [0, 0.1) is 12.7 Å². The van der Waals surface area contributed by atoms with E-state index in [-0.39, 0.29) is 11.5 Å². The fourth-order valence-corrected chi connectivity index (χ4v) is 1.78. The number of halogens is 1. The van der Waals surface area contributed by atoms with Gasteiger partial charge < -0.3 is 5.32 Å². The van der Waals surface area contributed by atoms with Gasteiger partial charge in [0, 0.05) is 25.5 Å². The van der Waals surface area contributed by atoms with Crippen molar-refractivity contribution < 1.29 is 9.18 Å². The highest BCUT2D eigenvalue weighted by Crippen LogP contribution is 2.09. The summed E-state index contributed by atoms with van der Waals surface area (Å²) < 4.78 is 15.3. The lowest BCUT2D eigenvalue weighted by Crippen LogP contribution is -2.26. The van der Waals surface area contributed by atoms with E-state index in [0.717, 1.165) is 18.5 Å². The molecule has 1 heterocycles. The number of benzene rings is 1. The van der Waals surface area contributed by atoms with Gasteiger partial charge in [0.1, 0.15) is 5.82 Å². The number of hydrogen-bond acceptors (Lipinski definition) is 2. The van der Waals surface area contributed by atoms with Crippen LogP contribution in [0.25, 0.3) is 0 Å². The van der Waals surface area contributed by atoms with Gasteiger partial charge in [-0.15, -0.1) is 0 Å². The van der Waals surface area contributed by atoms with Crippen molar-refractivity contribution in [2.45, 2.75) is 19.9 Å². The molecule has 0 unspecified atom stereocenters. The van der Waals surface area contributed by atoms with Gasteiger partial charge >= 0.3 is 0 Å². The first-order valence-corrected chi connectivity index (χ1v) is 6.18. The molecule has 0 saturated heterocycles. The molecule has 0 aliphatic carbocycles. The lowest BCUT2D eigenvalue weighted by atomic mass is 10.1. The van der Waals surface area contributed by atoms with E-state index >= 15 is 0 Å². The van der Waals surface area contributed by atoms with Crippen molar-refractivity contribution in [1.82, 2.24) is 15.1 Å². The largest absolute Gasteiger partial charge is 0.352 e. The second kappa shape index (κ2) is 6.13. The van der Waals surface area contributed by atoms with Crippen LogP contribution < -0.4 is 5.32 Å². The summed E-state index contributed by atoms with van der Waals surface area (Å²) in [6, 6.07) is 6.36. The molecule has 2 rings (SSSR count). The maximum Gasteiger partial charge on any atom is 0.254 e. The number of aryl methyl sites for hydroxylation is 2. The summed E-state index contributed by atoms with van der Waals surface area (Å²) >= 11 is 0. The zero-order valence-electron chi connectivity index (χ0n) is 10.8. The number of aromatic nitrogens is 2. The first kappa shape index (κ1) is 13.3. The molecule has 100 valence electrons. The highest BCUT2D eigenvalue weighted by Gasteiger charge is 2.10. The number of amides is 1. The molecular formula is C14H16FN3O. The third-order valence-electron chi connectivity index (χ3n) is 2.78. The number of carbonyl (C=O) groups excluding carboxylic acids is 1. The molecule has 0 spiro atoms. The van der Waals surface area contributed by atoms with E-state index in [1.165, 1.54) is 6.07 Å². The van der Waals surface area contributed by atoms with E-state index in [4.69, 9.17) is 0 Å². The van der Waals surface area contributed by atoms with Crippen molar-refractivity contribution in [3.63, 3.8) is 0 Å². The third-order valence-corrected chi connectivity index (χ3v) is 2.78. The lowest BCUT2D eigenvalue weighted by molar-refractivity contribution is 0.0948. The van der Waals surface area contributed by atoms with Gasteiger partial charge in [-0.05, 0) is 31.5 Å². The number of nitrogens with one attached hydrogen (secondary N) is 1. The summed E-state index contributed by atoms with van der Waals surface area (Å²) in [5, 5.41) is 6.77. The molecular weight excluding hydrogens is 245 g/mol. The van der Waals surface area contributed by atoms with Gasteiger partial charge in [0.15, 0.2) is 0 Å². The monoisotopic (exact) mass is 261 g/mol. The number of carbonyl (C=O) groups is 1. The minimum absolute atomic E-state index is 0.0964. The van der Waals surface area contributed by atoms with Crippen LogP contribution in [-0.2, 0) is 6.54 Å². The van der Waals surface area contributed by atoms with Crippen LogP contribution in [0.3, 0.4) is 0 Å². The molecule has 4 nitrogen and oxygen atoms in total. The van der Waals surface area contributed by atoms with Crippen molar-refractivity contribution in [2.24, 2.45) is 0 Å². The zero-order valence-corrected chi connectivity index (χ0v) is 10.8. The minimum Gasteiger partial charge on any atom is -0.352 e. The number of rotatable bonds is 5. The maximum absolute atomic E-state index is 13.5. The van der Waals surface area contributed by atoms with Crippen LogP contribution in [-0.4, -0.2) is 22.2 Å². The second-order valence-corrected chi connectivity index (χ2v) is 4.36.